The van der Waals surface area contributed by atoms with Crippen molar-refractivity contribution in [3.63, 3.8) is 0 Å². The van der Waals surface area contributed by atoms with Crippen LogP contribution in [0.25, 0.3) is 0 Å². The van der Waals surface area contributed by atoms with E-state index in [-0.39, 0.29) is 29.8 Å². The molecule has 0 spiro atoms. The van der Waals surface area contributed by atoms with Gasteiger partial charge in [-0.15, -0.1) is 0 Å². The molecular formula is C37H43N3O4S. The number of nitrogens with one attached hydrogen (secondary N) is 1. The predicted octanol–water partition coefficient (Wildman–Crippen LogP) is 6.31. The van der Waals surface area contributed by atoms with E-state index in [4.69, 9.17) is 0 Å². The lowest BCUT2D eigenvalue weighted by Gasteiger charge is -2.34. The second-order valence-corrected chi connectivity index (χ2v) is 13.2. The lowest BCUT2D eigenvalue weighted by molar-refractivity contribution is -0.140. The lowest BCUT2D eigenvalue weighted by Crippen LogP contribution is -2.54. The van der Waals surface area contributed by atoms with Gasteiger partial charge in [-0.1, -0.05) is 110 Å². The molecule has 4 rings (SSSR count). The first kappa shape index (κ1) is 33.5. The average molecular weight is 626 g/mol. The van der Waals surface area contributed by atoms with Crippen molar-refractivity contribution in [3.8, 4) is 0 Å². The minimum Gasteiger partial charge on any atom is -0.352 e. The molecule has 0 radical (unpaired) electrons. The fraction of sp³-hybridized carbons (Fsp3) is 0.297. The van der Waals surface area contributed by atoms with Gasteiger partial charge in [0.2, 0.25) is 11.8 Å². The first-order valence-corrected chi connectivity index (χ1v) is 16.9. The molecule has 0 heterocycles. The van der Waals surface area contributed by atoms with Crippen molar-refractivity contribution in [2.75, 3.05) is 10.8 Å². The summed E-state index contributed by atoms with van der Waals surface area (Å²) in [6, 6.07) is 31.8. The van der Waals surface area contributed by atoms with Crippen LogP contribution in [0, 0.1) is 6.92 Å². The third-order valence-corrected chi connectivity index (χ3v) is 9.73. The summed E-state index contributed by atoms with van der Waals surface area (Å²) in [5, 5.41) is 3.08. The summed E-state index contributed by atoms with van der Waals surface area (Å²) in [6.45, 7) is 7.52. The molecule has 0 fully saturated rings. The SMILES string of the molecule is CCc1ccccc1N(CC(=O)N(Cc1cccc(C)c1)[C@@H](Cc1ccccc1)C(=O)N[C@@H](C)CC)S(=O)(=O)c1ccccc1. The van der Waals surface area contributed by atoms with E-state index in [1.807, 2.05) is 94.4 Å². The van der Waals surface area contributed by atoms with Crippen LogP contribution in [0.4, 0.5) is 5.69 Å². The molecule has 2 atom stereocenters. The Morgan fingerprint density at radius 1 is 0.800 bits per heavy atom. The van der Waals surface area contributed by atoms with Crippen LogP contribution in [0.5, 0.6) is 0 Å². The number of sulfonamides is 1. The van der Waals surface area contributed by atoms with E-state index in [9.17, 15) is 18.0 Å². The smallest absolute Gasteiger partial charge is 0.264 e. The van der Waals surface area contributed by atoms with Crippen LogP contribution in [0.1, 0.15) is 49.4 Å². The fourth-order valence-electron chi connectivity index (χ4n) is 5.29. The van der Waals surface area contributed by atoms with E-state index in [0.29, 0.717) is 12.1 Å². The molecule has 4 aromatic carbocycles. The van der Waals surface area contributed by atoms with Crippen LogP contribution in [-0.2, 0) is 39.0 Å². The van der Waals surface area contributed by atoms with E-state index in [2.05, 4.69) is 5.32 Å². The zero-order valence-electron chi connectivity index (χ0n) is 26.5. The zero-order valence-corrected chi connectivity index (χ0v) is 27.3. The summed E-state index contributed by atoms with van der Waals surface area (Å²) in [7, 11) is -4.14. The zero-order chi connectivity index (χ0) is 32.4. The first-order chi connectivity index (χ1) is 21.6. The van der Waals surface area contributed by atoms with Crippen molar-refractivity contribution in [2.45, 2.75) is 70.5 Å². The minimum atomic E-state index is -4.14. The van der Waals surface area contributed by atoms with E-state index >= 15 is 0 Å². The highest BCUT2D eigenvalue weighted by Crippen LogP contribution is 2.28. The van der Waals surface area contributed by atoms with Crippen molar-refractivity contribution in [1.82, 2.24) is 10.2 Å². The molecule has 236 valence electrons. The maximum atomic E-state index is 14.6. The summed E-state index contributed by atoms with van der Waals surface area (Å²) in [4.78, 5) is 30.2. The molecule has 0 aliphatic heterocycles. The lowest BCUT2D eigenvalue weighted by atomic mass is 10.0. The maximum absolute atomic E-state index is 14.6. The highest BCUT2D eigenvalue weighted by molar-refractivity contribution is 7.92. The summed E-state index contributed by atoms with van der Waals surface area (Å²) in [5.41, 5.74) is 4.01. The van der Waals surface area contributed by atoms with Gasteiger partial charge >= 0.3 is 0 Å². The van der Waals surface area contributed by atoms with Crippen LogP contribution in [-0.4, -0.2) is 43.8 Å². The fourth-order valence-corrected chi connectivity index (χ4v) is 6.76. The van der Waals surface area contributed by atoms with Crippen LogP contribution in [0.15, 0.2) is 114 Å². The Balaban J connectivity index is 1.83. The average Bonchev–Trinajstić information content (AvgIpc) is 3.05. The van der Waals surface area contributed by atoms with Crippen molar-refractivity contribution in [3.05, 3.63) is 131 Å². The minimum absolute atomic E-state index is 0.0873. The number of hydrogen-bond donors (Lipinski definition) is 1. The molecule has 0 aliphatic rings. The Morgan fingerprint density at radius 2 is 1.42 bits per heavy atom. The number of anilines is 1. The number of para-hydroxylation sites is 1. The van der Waals surface area contributed by atoms with Gasteiger partial charge in [-0.2, -0.15) is 0 Å². The number of hydrogen-bond acceptors (Lipinski definition) is 4. The van der Waals surface area contributed by atoms with Gasteiger partial charge in [-0.3, -0.25) is 13.9 Å². The molecule has 0 saturated heterocycles. The Kier molecular flexibility index (Phi) is 11.5. The summed E-state index contributed by atoms with van der Waals surface area (Å²) in [6.07, 6.45) is 1.58. The quantitative estimate of drug-likeness (QED) is 0.178. The molecule has 45 heavy (non-hydrogen) atoms. The monoisotopic (exact) mass is 625 g/mol. The highest BCUT2D eigenvalue weighted by Gasteiger charge is 2.35. The number of amides is 2. The second kappa shape index (κ2) is 15.5. The molecule has 0 aliphatic carbocycles. The van der Waals surface area contributed by atoms with Crippen LogP contribution in [0.2, 0.25) is 0 Å². The van der Waals surface area contributed by atoms with Gasteiger partial charge in [0.1, 0.15) is 12.6 Å². The van der Waals surface area contributed by atoms with Gasteiger partial charge in [-0.05, 0) is 61.6 Å². The number of aryl methyl sites for hydroxylation is 2. The van der Waals surface area contributed by atoms with Gasteiger partial charge in [0.05, 0.1) is 10.6 Å². The first-order valence-electron chi connectivity index (χ1n) is 15.5. The number of rotatable bonds is 14. The van der Waals surface area contributed by atoms with Gasteiger partial charge in [0, 0.05) is 19.0 Å². The third kappa shape index (κ3) is 8.60. The van der Waals surface area contributed by atoms with Crippen LogP contribution in [0.3, 0.4) is 0 Å². The van der Waals surface area contributed by atoms with Gasteiger partial charge < -0.3 is 10.2 Å². The Bertz CT molecular complexity index is 1680. The summed E-state index contributed by atoms with van der Waals surface area (Å²) < 4.78 is 29.6. The van der Waals surface area contributed by atoms with Gasteiger partial charge in [0.15, 0.2) is 0 Å². The van der Waals surface area contributed by atoms with Crippen molar-refractivity contribution >= 4 is 27.5 Å². The topological polar surface area (TPSA) is 86.8 Å². The maximum Gasteiger partial charge on any atom is 0.264 e. The van der Waals surface area contributed by atoms with Gasteiger partial charge in [-0.25, -0.2) is 8.42 Å². The Morgan fingerprint density at radius 3 is 2.07 bits per heavy atom. The molecule has 0 saturated carbocycles. The molecule has 2 amide bonds. The molecule has 0 aromatic heterocycles. The van der Waals surface area contributed by atoms with E-state index in [1.165, 1.54) is 16.4 Å². The molecule has 0 unspecified atom stereocenters. The summed E-state index contributed by atoms with van der Waals surface area (Å²) >= 11 is 0. The predicted molar refractivity (Wildman–Crippen MR) is 180 cm³/mol. The third-order valence-electron chi connectivity index (χ3n) is 7.96. The van der Waals surface area contributed by atoms with Crippen LogP contribution >= 0.6 is 0 Å². The molecule has 7 nitrogen and oxygen atoms in total. The largest absolute Gasteiger partial charge is 0.352 e. The molecule has 0 bridgehead atoms. The van der Waals surface area contributed by atoms with E-state index in [1.54, 1.807) is 35.2 Å². The molecular weight excluding hydrogens is 582 g/mol. The second-order valence-electron chi connectivity index (χ2n) is 11.3. The molecule has 8 heteroatoms. The number of nitrogens with zero attached hydrogens (tertiary/aromatic N) is 2. The van der Waals surface area contributed by atoms with Crippen molar-refractivity contribution < 1.29 is 18.0 Å². The van der Waals surface area contributed by atoms with Crippen molar-refractivity contribution in [1.29, 1.82) is 0 Å². The Labute approximate surface area is 268 Å². The van der Waals surface area contributed by atoms with Crippen LogP contribution < -0.4 is 9.62 Å². The standard InChI is InChI=1S/C37H43N3O4S/c1-5-29(4)38-37(42)35(25-30-17-9-7-10-18-30)39(26-31-19-15-16-28(3)24-31)36(41)27-40(34-23-14-13-20-32(34)6-2)45(43,44)33-21-11-8-12-22-33/h7-24,29,35H,5-6,25-27H2,1-4H3,(H,38,42)/t29-,35-/m0/s1. The number of carbonyl (C=O) groups is 2. The highest BCUT2D eigenvalue weighted by atomic mass is 32.2. The summed E-state index contributed by atoms with van der Waals surface area (Å²) in [5.74, 6) is -0.747. The van der Waals surface area contributed by atoms with E-state index < -0.39 is 28.5 Å². The normalized spacial score (nSPS) is 12.6. The molecule has 1 N–H and O–H groups in total. The Hall–Kier alpha value is -4.43. The van der Waals surface area contributed by atoms with Gasteiger partial charge in [0.25, 0.3) is 10.0 Å². The molecule has 4 aromatic rings. The van der Waals surface area contributed by atoms with Crippen molar-refractivity contribution in [2.24, 2.45) is 0 Å². The van der Waals surface area contributed by atoms with E-state index in [0.717, 1.165) is 28.7 Å². The number of benzene rings is 4. The number of carbonyl (C=O) groups excluding carboxylic acids is 2.